The number of hydrogen-bond acceptors (Lipinski definition) is 6. The highest BCUT2D eigenvalue weighted by atomic mass is 16.5. The monoisotopic (exact) mass is 269 g/mol. The van der Waals surface area contributed by atoms with Gasteiger partial charge in [-0.25, -0.2) is 4.98 Å². The van der Waals surface area contributed by atoms with Crippen LogP contribution in [0.4, 0.5) is 5.82 Å². The van der Waals surface area contributed by atoms with Crippen molar-refractivity contribution >= 4 is 5.82 Å². The fourth-order valence-corrected chi connectivity index (χ4v) is 1.38. The van der Waals surface area contributed by atoms with Crippen LogP contribution in [0.3, 0.4) is 0 Å². The van der Waals surface area contributed by atoms with E-state index in [9.17, 15) is 0 Å². The predicted octanol–water partition coefficient (Wildman–Crippen LogP) is 1.61. The lowest BCUT2D eigenvalue weighted by Crippen LogP contribution is -2.09. The molecule has 6 nitrogen and oxygen atoms in total. The van der Waals surface area contributed by atoms with E-state index in [0.29, 0.717) is 43.9 Å². The lowest BCUT2D eigenvalue weighted by molar-refractivity contribution is 0.0642. The van der Waals surface area contributed by atoms with Gasteiger partial charge in [0.15, 0.2) is 0 Å². The Morgan fingerprint density at radius 3 is 2.63 bits per heavy atom. The third kappa shape index (κ3) is 6.35. The molecule has 2 N–H and O–H groups in total. The molecule has 0 bridgehead atoms. The van der Waals surface area contributed by atoms with Crippen LogP contribution in [0.5, 0.6) is 5.88 Å². The topological polar surface area (TPSA) is 79.5 Å². The Bertz CT molecular complexity index is 372. The molecule has 0 aliphatic carbocycles. The van der Waals surface area contributed by atoms with Crippen molar-refractivity contribution in [2.24, 2.45) is 0 Å². The largest absolute Gasteiger partial charge is 0.477 e. The van der Waals surface area contributed by atoms with Gasteiger partial charge >= 0.3 is 0 Å². The molecule has 0 atom stereocenters. The first kappa shape index (κ1) is 15.7. The normalized spacial score (nSPS) is 10.9. The van der Waals surface area contributed by atoms with E-state index in [1.54, 1.807) is 13.2 Å². The second-order valence-electron chi connectivity index (χ2n) is 4.45. The summed E-state index contributed by atoms with van der Waals surface area (Å²) < 4.78 is 15.8. The highest BCUT2D eigenvalue weighted by Gasteiger charge is 2.07. The number of anilines is 1. The molecule has 19 heavy (non-hydrogen) atoms. The van der Waals surface area contributed by atoms with Crippen LogP contribution in [0.2, 0.25) is 0 Å². The minimum Gasteiger partial charge on any atom is -0.477 e. The summed E-state index contributed by atoms with van der Waals surface area (Å²) >= 11 is 0. The van der Waals surface area contributed by atoms with E-state index in [0.717, 1.165) is 6.42 Å². The van der Waals surface area contributed by atoms with Crippen LogP contribution in [0.1, 0.15) is 32.0 Å². The zero-order chi connectivity index (χ0) is 14.1. The van der Waals surface area contributed by atoms with Crippen molar-refractivity contribution in [2.75, 3.05) is 39.3 Å². The number of nitrogens with two attached hydrogens (primary N) is 1. The second kappa shape index (κ2) is 8.66. The molecule has 0 unspecified atom stereocenters. The van der Waals surface area contributed by atoms with Crippen LogP contribution in [0.25, 0.3) is 0 Å². The van der Waals surface area contributed by atoms with E-state index < -0.39 is 0 Å². The first-order valence-corrected chi connectivity index (χ1v) is 6.47. The van der Waals surface area contributed by atoms with Crippen LogP contribution in [-0.2, 0) is 9.47 Å². The average molecular weight is 269 g/mol. The number of ether oxygens (including phenoxy) is 3. The summed E-state index contributed by atoms with van der Waals surface area (Å²) in [5.41, 5.74) is 5.71. The lowest BCUT2D eigenvalue weighted by Gasteiger charge is -2.09. The number of rotatable bonds is 9. The fraction of sp³-hybridized carbons (Fsp3) is 0.692. The van der Waals surface area contributed by atoms with Gasteiger partial charge in [-0.05, 0) is 0 Å². The summed E-state index contributed by atoms with van der Waals surface area (Å²) in [7, 11) is 1.65. The van der Waals surface area contributed by atoms with E-state index in [4.69, 9.17) is 19.9 Å². The lowest BCUT2D eigenvalue weighted by atomic mass is 10.2. The molecule has 0 fully saturated rings. The van der Waals surface area contributed by atoms with E-state index in [1.807, 2.05) is 13.8 Å². The molecule has 0 saturated heterocycles. The van der Waals surface area contributed by atoms with E-state index >= 15 is 0 Å². The van der Waals surface area contributed by atoms with Crippen molar-refractivity contribution in [3.8, 4) is 5.88 Å². The molecule has 1 aromatic rings. The van der Waals surface area contributed by atoms with Gasteiger partial charge in [-0.1, -0.05) is 13.8 Å². The molecule has 0 radical (unpaired) electrons. The molecule has 0 aliphatic heterocycles. The van der Waals surface area contributed by atoms with Crippen molar-refractivity contribution < 1.29 is 14.2 Å². The van der Waals surface area contributed by atoms with Gasteiger partial charge in [0.1, 0.15) is 11.6 Å². The second-order valence-corrected chi connectivity index (χ2v) is 4.45. The summed E-state index contributed by atoms with van der Waals surface area (Å²) in [4.78, 5) is 8.47. The van der Waals surface area contributed by atoms with Crippen molar-refractivity contribution in [1.29, 1.82) is 0 Å². The number of hydrogen-bond donors (Lipinski definition) is 1. The van der Waals surface area contributed by atoms with Gasteiger partial charge < -0.3 is 19.9 Å². The maximum absolute atomic E-state index is 5.71. The Labute approximate surface area is 114 Å². The maximum Gasteiger partial charge on any atom is 0.218 e. The first-order valence-electron chi connectivity index (χ1n) is 6.47. The van der Waals surface area contributed by atoms with Crippen LogP contribution in [-0.4, -0.2) is 43.5 Å². The predicted molar refractivity (Wildman–Crippen MR) is 73.3 cm³/mol. The summed E-state index contributed by atoms with van der Waals surface area (Å²) in [6.45, 7) is 6.43. The Balaban J connectivity index is 2.29. The first-order chi connectivity index (χ1) is 9.13. The smallest absolute Gasteiger partial charge is 0.218 e. The van der Waals surface area contributed by atoms with Crippen molar-refractivity contribution in [1.82, 2.24) is 9.97 Å². The number of nitrogen functional groups attached to an aromatic ring is 1. The van der Waals surface area contributed by atoms with Crippen LogP contribution in [0, 0.1) is 0 Å². The Morgan fingerprint density at radius 1 is 1.16 bits per heavy atom. The standard InChI is InChI=1S/C13H23N3O3/c1-10(2)13-15-11(14)9-12(16-13)19-6-4-5-18-8-7-17-3/h9-10H,4-8H2,1-3H3,(H2,14,15,16). The van der Waals surface area contributed by atoms with Gasteiger partial charge in [-0.15, -0.1) is 0 Å². The zero-order valence-corrected chi connectivity index (χ0v) is 11.9. The van der Waals surface area contributed by atoms with Gasteiger partial charge in [-0.2, -0.15) is 4.98 Å². The summed E-state index contributed by atoms with van der Waals surface area (Å²) in [5, 5.41) is 0. The molecule has 108 valence electrons. The van der Waals surface area contributed by atoms with Gasteiger partial charge in [0.2, 0.25) is 5.88 Å². The van der Waals surface area contributed by atoms with Crippen LogP contribution >= 0.6 is 0 Å². The molecular formula is C13H23N3O3. The molecule has 0 spiro atoms. The third-order valence-corrected chi connectivity index (χ3v) is 2.37. The summed E-state index contributed by atoms with van der Waals surface area (Å²) in [5.74, 6) is 1.88. The average Bonchev–Trinajstić information content (AvgIpc) is 2.37. The Kier molecular flexibility index (Phi) is 7.14. The molecule has 1 rings (SSSR count). The van der Waals surface area contributed by atoms with Crippen molar-refractivity contribution in [3.63, 3.8) is 0 Å². The summed E-state index contributed by atoms with van der Waals surface area (Å²) in [6.07, 6.45) is 0.796. The van der Waals surface area contributed by atoms with Gasteiger partial charge in [-0.3, -0.25) is 0 Å². The molecule has 0 aromatic carbocycles. The molecule has 1 heterocycles. The van der Waals surface area contributed by atoms with Crippen molar-refractivity contribution in [2.45, 2.75) is 26.2 Å². The highest BCUT2D eigenvalue weighted by molar-refractivity contribution is 5.33. The fourth-order valence-electron chi connectivity index (χ4n) is 1.38. The van der Waals surface area contributed by atoms with Crippen LogP contribution < -0.4 is 10.5 Å². The quantitative estimate of drug-likeness (QED) is 0.686. The zero-order valence-electron chi connectivity index (χ0n) is 11.9. The minimum absolute atomic E-state index is 0.225. The molecule has 6 heteroatoms. The number of aromatic nitrogens is 2. The van der Waals surface area contributed by atoms with Gasteiger partial charge in [0, 0.05) is 32.1 Å². The molecule has 0 amide bonds. The van der Waals surface area contributed by atoms with Crippen LogP contribution in [0.15, 0.2) is 6.07 Å². The number of methoxy groups -OCH3 is 1. The van der Waals surface area contributed by atoms with E-state index in [1.165, 1.54) is 0 Å². The van der Waals surface area contributed by atoms with Crippen molar-refractivity contribution in [3.05, 3.63) is 11.9 Å². The third-order valence-electron chi connectivity index (χ3n) is 2.37. The molecular weight excluding hydrogens is 246 g/mol. The Morgan fingerprint density at radius 2 is 1.95 bits per heavy atom. The molecule has 0 saturated carbocycles. The van der Waals surface area contributed by atoms with E-state index in [2.05, 4.69) is 9.97 Å². The highest BCUT2D eigenvalue weighted by Crippen LogP contribution is 2.16. The summed E-state index contributed by atoms with van der Waals surface area (Å²) in [6, 6.07) is 1.64. The molecule has 1 aromatic heterocycles. The maximum atomic E-state index is 5.71. The number of nitrogens with zero attached hydrogens (tertiary/aromatic N) is 2. The Hall–Kier alpha value is -1.40. The van der Waals surface area contributed by atoms with Gasteiger partial charge in [0.05, 0.1) is 19.8 Å². The van der Waals surface area contributed by atoms with Gasteiger partial charge in [0.25, 0.3) is 0 Å². The molecule has 0 aliphatic rings. The van der Waals surface area contributed by atoms with E-state index in [-0.39, 0.29) is 5.92 Å². The SMILES string of the molecule is COCCOCCCOc1cc(N)nc(C(C)C)n1. The minimum atomic E-state index is 0.225.